The molecule has 0 saturated heterocycles. The molecule has 0 fully saturated rings. The third-order valence-electron chi connectivity index (χ3n) is 2.69. The van der Waals surface area contributed by atoms with Crippen molar-refractivity contribution < 1.29 is 4.39 Å². The molecule has 0 bridgehead atoms. The highest BCUT2D eigenvalue weighted by Gasteiger charge is 2.15. The van der Waals surface area contributed by atoms with Crippen LogP contribution < -0.4 is 5.32 Å². The van der Waals surface area contributed by atoms with Crippen molar-refractivity contribution in [1.82, 2.24) is 10.3 Å². The summed E-state index contributed by atoms with van der Waals surface area (Å²) in [6, 6.07) is 6.99. The van der Waals surface area contributed by atoms with Crippen LogP contribution in [-0.2, 0) is 0 Å². The fraction of sp³-hybridized carbons (Fsp3) is 0.214. The molecule has 100 valence electrons. The molecule has 1 atom stereocenters. The zero-order chi connectivity index (χ0) is 13.8. The van der Waals surface area contributed by atoms with E-state index in [0.717, 1.165) is 22.1 Å². The number of halogens is 3. The normalized spacial score (nSPS) is 12.4. The minimum atomic E-state index is -0.346. The second kappa shape index (κ2) is 6.46. The standard InChI is InChI=1S/C14H13BrClFN2/c1-2-19-14(10-5-13(17)8-18-7-10)9-3-11(15)6-12(16)4-9/h3-8,14,19H,2H2,1H3. The highest BCUT2D eigenvalue weighted by Crippen LogP contribution is 2.28. The Morgan fingerprint density at radius 2 is 2.05 bits per heavy atom. The zero-order valence-electron chi connectivity index (χ0n) is 10.3. The Morgan fingerprint density at radius 1 is 1.26 bits per heavy atom. The van der Waals surface area contributed by atoms with Crippen LogP contribution in [0.15, 0.2) is 41.1 Å². The van der Waals surface area contributed by atoms with Crippen molar-refractivity contribution >= 4 is 27.5 Å². The minimum absolute atomic E-state index is 0.136. The lowest BCUT2D eigenvalue weighted by molar-refractivity contribution is 0.596. The average molecular weight is 344 g/mol. The van der Waals surface area contributed by atoms with Gasteiger partial charge in [-0.15, -0.1) is 0 Å². The van der Waals surface area contributed by atoms with Crippen molar-refractivity contribution in [1.29, 1.82) is 0 Å². The van der Waals surface area contributed by atoms with Gasteiger partial charge in [0.2, 0.25) is 0 Å². The molecule has 2 rings (SSSR count). The SMILES string of the molecule is CCNC(c1cncc(F)c1)c1cc(Cl)cc(Br)c1. The maximum atomic E-state index is 13.3. The van der Waals surface area contributed by atoms with Crippen molar-refractivity contribution in [2.24, 2.45) is 0 Å². The lowest BCUT2D eigenvalue weighted by atomic mass is 10.00. The highest BCUT2D eigenvalue weighted by molar-refractivity contribution is 9.10. The molecule has 0 spiro atoms. The van der Waals surface area contributed by atoms with E-state index in [2.05, 4.69) is 26.2 Å². The number of hydrogen-bond acceptors (Lipinski definition) is 2. The van der Waals surface area contributed by atoms with Gasteiger partial charge in [-0.2, -0.15) is 0 Å². The van der Waals surface area contributed by atoms with Crippen molar-refractivity contribution in [3.63, 3.8) is 0 Å². The molecular weight excluding hydrogens is 331 g/mol. The smallest absolute Gasteiger partial charge is 0.141 e. The molecule has 2 aromatic rings. The third-order valence-corrected chi connectivity index (χ3v) is 3.36. The van der Waals surface area contributed by atoms with Crippen LogP contribution in [0.1, 0.15) is 24.1 Å². The van der Waals surface area contributed by atoms with E-state index in [1.807, 2.05) is 25.1 Å². The van der Waals surface area contributed by atoms with Crippen LogP contribution in [0.4, 0.5) is 4.39 Å². The van der Waals surface area contributed by atoms with E-state index in [-0.39, 0.29) is 11.9 Å². The van der Waals surface area contributed by atoms with E-state index in [9.17, 15) is 4.39 Å². The fourth-order valence-corrected chi connectivity index (χ4v) is 2.85. The number of nitrogens with zero attached hydrogens (tertiary/aromatic N) is 1. The Hall–Kier alpha value is -0.970. The van der Waals surface area contributed by atoms with Gasteiger partial charge in [0.1, 0.15) is 5.82 Å². The first-order valence-electron chi connectivity index (χ1n) is 5.90. The summed E-state index contributed by atoms with van der Waals surface area (Å²) in [4.78, 5) is 3.90. The molecule has 1 aromatic carbocycles. The molecule has 1 unspecified atom stereocenters. The van der Waals surface area contributed by atoms with Crippen LogP contribution in [0.3, 0.4) is 0 Å². The monoisotopic (exact) mass is 342 g/mol. The van der Waals surface area contributed by atoms with E-state index < -0.39 is 0 Å². The molecule has 0 saturated carbocycles. The maximum absolute atomic E-state index is 13.3. The predicted octanol–water partition coefficient (Wildman–Crippen LogP) is 4.34. The number of aromatic nitrogens is 1. The van der Waals surface area contributed by atoms with Gasteiger partial charge in [-0.3, -0.25) is 4.98 Å². The minimum Gasteiger partial charge on any atom is -0.306 e. The Bertz CT molecular complexity index is 557. The van der Waals surface area contributed by atoms with Gasteiger partial charge in [-0.25, -0.2) is 4.39 Å². The summed E-state index contributed by atoms with van der Waals surface area (Å²) in [6.07, 6.45) is 2.85. The number of pyridine rings is 1. The molecule has 1 heterocycles. The average Bonchev–Trinajstić information content (AvgIpc) is 2.34. The number of rotatable bonds is 4. The Labute approximate surface area is 125 Å². The van der Waals surface area contributed by atoms with Crippen LogP contribution in [0.25, 0.3) is 0 Å². The first kappa shape index (κ1) is 14.4. The van der Waals surface area contributed by atoms with Crippen LogP contribution in [0, 0.1) is 5.82 Å². The van der Waals surface area contributed by atoms with Crippen LogP contribution in [0.5, 0.6) is 0 Å². The van der Waals surface area contributed by atoms with E-state index in [0.29, 0.717) is 5.02 Å². The Balaban J connectivity index is 2.44. The lowest BCUT2D eigenvalue weighted by Crippen LogP contribution is -2.22. The summed E-state index contributed by atoms with van der Waals surface area (Å²) in [7, 11) is 0. The number of hydrogen-bond donors (Lipinski definition) is 1. The van der Waals surface area contributed by atoms with E-state index in [4.69, 9.17) is 11.6 Å². The molecule has 1 N–H and O–H groups in total. The molecule has 2 nitrogen and oxygen atoms in total. The van der Waals surface area contributed by atoms with Gasteiger partial charge in [-0.05, 0) is 41.9 Å². The summed E-state index contributed by atoms with van der Waals surface area (Å²) in [5.74, 6) is -0.346. The van der Waals surface area contributed by atoms with Gasteiger partial charge in [-0.1, -0.05) is 34.5 Å². The molecule has 1 aromatic heterocycles. The van der Waals surface area contributed by atoms with E-state index in [1.165, 1.54) is 12.3 Å². The molecular formula is C14H13BrClFN2. The van der Waals surface area contributed by atoms with Gasteiger partial charge in [0.15, 0.2) is 0 Å². The topological polar surface area (TPSA) is 24.9 Å². The largest absolute Gasteiger partial charge is 0.306 e. The van der Waals surface area contributed by atoms with Crippen LogP contribution >= 0.6 is 27.5 Å². The lowest BCUT2D eigenvalue weighted by Gasteiger charge is -2.19. The summed E-state index contributed by atoms with van der Waals surface area (Å²) in [5, 5.41) is 3.95. The maximum Gasteiger partial charge on any atom is 0.141 e. The first-order valence-corrected chi connectivity index (χ1v) is 7.07. The second-order valence-electron chi connectivity index (χ2n) is 4.13. The molecule has 0 aliphatic heterocycles. The Kier molecular flexibility index (Phi) is 4.91. The van der Waals surface area contributed by atoms with Crippen molar-refractivity contribution in [3.05, 3.63) is 63.1 Å². The van der Waals surface area contributed by atoms with Gasteiger partial charge >= 0.3 is 0 Å². The summed E-state index contributed by atoms with van der Waals surface area (Å²) < 4.78 is 14.2. The van der Waals surface area contributed by atoms with Gasteiger partial charge in [0.25, 0.3) is 0 Å². The summed E-state index contributed by atoms with van der Waals surface area (Å²) in [5.41, 5.74) is 1.74. The van der Waals surface area contributed by atoms with Crippen LogP contribution in [0.2, 0.25) is 5.02 Å². The van der Waals surface area contributed by atoms with E-state index >= 15 is 0 Å². The second-order valence-corrected chi connectivity index (χ2v) is 5.48. The Morgan fingerprint density at radius 3 is 2.68 bits per heavy atom. The molecule has 0 aliphatic rings. The van der Waals surface area contributed by atoms with E-state index in [1.54, 1.807) is 6.20 Å². The molecule has 0 aliphatic carbocycles. The molecule has 5 heteroatoms. The fourth-order valence-electron chi connectivity index (χ4n) is 1.96. The molecule has 19 heavy (non-hydrogen) atoms. The first-order chi connectivity index (χ1) is 9.10. The van der Waals surface area contributed by atoms with Gasteiger partial charge in [0, 0.05) is 15.7 Å². The van der Waals surface area contributed by atoms with Crippen molar-refractivity contribution in [3.8, 4) is 0 Å². The highest BCUT2D eigenvalue weighted by atomic mass is 79.9. The van der Waals surface area contributed by atoms with Gasteiger partial charge < -0.3 is 5.32 Å². The quantitative estimate of drug-likeness (QED) is 0.893. The van der Waals surface area contributed by atoms with Crippen molar-refractivity contribution in [2.45, 2.75) is 13.0 Å². The summed E-state index contributed by atoms with van der Waals surface area (Å²) >= 11 is 9.48. The number of benzene rings is 1. The third kappa shape index (κ3) is 3.75. The van der Waals surface area contributed by atoms with Crippen LogP contribution in [-0.4, -0.2) is 11.5 Å². The molecule has 0 amide bonds. The summed E-state index contributed by atoms with van der Waals surface area (Å²) in [6.45, 7) is 2.75. The van der Waals surface area contributed by atoms with Crippen molar-refractivity contribution in [2.75, 3.05) is 6.54 Å². The predicted molar refractivity (Wildman–Crippen MR) is 78.9 cm³/mol. The van der Waals surface area contributed by atoms with Gasteiger partial charge in [0.05, 0.1) is 12.2 Å². The zero-order valence-corrected chi connectivity index (χ0v) is 12.7. The molecule has 0 radical (unpaired) electrons. The number of nitrogens with one attached hydrogen (secondary N) is 1.